The van der Waals surface area contributed by atoms with Crippen LogP contribution in [-0.2, 0) is 17.8 Å². The lowest BCUT2D eigenvalue weighted by molar-refractivity contribution is -0.135. The molecule has 1 amide bonds. The molecule has 0 aliphatic carbocycles. The molecule has 7 nitrogen and oxygen atoms in total. The molecule has 31 heavy (non-hydrogen) atoms. The number of amides is 1. The van der Waals surface area contributed by atoms with Crippen LogP contribution in [0.5, 0.6) is 0 Å². The van der Waals surface area contributed by atoms with E-state index in [0.29, 0.717) is 17.9 Å². The quantitative estimate of drug-likeness (QED) is 0.483. The second-order valence-electron chi connectivity index (χ2n) is 8.30. The normalized spacial score (nSPS) is 11.7. The van der Waals surface area contributed by atoms with Crippen LogP contribution in [0.3, 0.4) is 0 Å². The third-order valence-electron chi connectivity index (χ3n) is 5.38. The van der Waals surface area contributed by atoms with Crippen molar-refractivity contribution in [2.75, 3.05) is 0 Å². The number of hydrogen-bond donors (Lipinski definition) is 0. The van der Waals surface area contributed by atoms with Gasteiger partial charge in [0.1, 0.15) is 12.4 Å². The number of benzene rings is 2. The van der Waals surface area contributed by atoms with Crippen molar-refractivity contribution in [1.82, 2.24) is 24.1 Å². The minimum Gasteiger partial charge on any atom is -0.336 e. The van der Waals surface area contributed by atoms with Crippen LogP contribution >= 0.6 is 0 Å². The van der Waals surface area contributed by atoms with Gasteiger partial charge >= 0.3 is 5.69 Å². The molecule has 4 rings (SSSR count). The van der Waals surface area contributed by atoms with Crippen LogP contribution in [0.2, 0.25) is 0 Å². The highest BCUT2D eigenvalue weighted by Gasteiger charge is 2.23. The Morgan fingerprint density at radius 3 is 2.29 bits per heavy atom. The van der Waals surface area contributed by atoms with Gasteiger partial charge < -0.3 is 4.90 Å². The molecule has 2 aromatic carbocycles. The molecule has 0 saturated heterocycles. The molecule has 4 aromatic rings. The molecule has 2 aromatic heterocycles. The molecular weight excluding hydrogens is 390 g/mol. The van der Waals surface area contributed by atoms with Gasteiger partial charge in [0.25, 0.3) is 0 Å². The Labute approximate surface area is 180 Å². The van der Waals surface area contributed by atoms with Crippen LogP contribution in [-0.4, -0.2) is 42.1 Å². The molecule has 0 bridgehead atoms. The van der Waals surface area contributed by atoms with Crippen molar-refractivity contribution >= 4 is 22.5 Å². The van der Waals surface area contributed by atoms with Gasteiger partial charge in [0.2, 0.25) is 5.91 Å². The van der Waals surface area contributed by atoms with E-state index in [4.69, 9.17) is 4.98 Å². The van der Waals surface area contributed by atoms with Gasteiger partial charge in [-0.05, 0) is 45.4 Å². The summed E-state index contributed by atoms with van der Waals surface area (Å²) in [6, 6.07) is 17.6. The smallest absolute Gasteiger partial charge is 0.336 e. The Bertz CT molecular complexity index is 1280. The Kier molecular flexibility index (Phi) is 5.59. The van der Waals surface area contributed by atoms with Crippen molar-refractivity contribution in [1.29, 1.82) is 0 Å². The standard InChI is InChI=1S/C24H27N5O2/c1-16(2)28(17(3)4)22(30)15-27-24(31)29-21(14-18-10-6-5-7-11-18)25-20-13-9-8-12-19(20)23(29)26-27/h5-13,16-17H,14-15H2,1-4H3. The summed E-state index contributed by atoms with van der Waals surface area (Å²) in [6.07, 6.45) is 0.492. The second-order valence-corrected chi connectivity index (χ2v) is 8.30. The summed E-state index contributed by atoms with van der Waals surface area (Å²) in [5.41, 5.74) is 2.00. The summed E-state index contributed by atoms with van der Waals surface area (Å²) < 4.78 is 2.80. The molecule has 160 valence electrons. The SMILES string of the molecule is CC(C)N(C(=O)Cn1nc2c3ccccc3nc(Cc3ccccc3)n2c1=O)C(C)C. The summed E-state index contributed by atoms with van der Waals surface area (Å²) in [6.45, 7) is 7.79. The van der Waals surface area contributed by atoms with Gasteiger partial charge in [-0.25, -0.2) is 18.9 Å². The predicted molar refractivity (Wildman–Crippen MR) is 121 cm³/mol. The van der Waals surface area contributed by atoms with Crippen LogP contribution in [0.1, 0.15) is 39.1 Å². The van der Waals surface area contributed by atoms with Crippen LogP contribution in [0.25, 0.3) is 16.6 Å². The molecular formula is C24H27N5O2. The zero-order valence-electron chi connectivity index (χ0n) is 18.3. The Balaban J connectivity index is 1.85. The maximum absolute atomic E-state index is 13.3. The number of aromatic nitrogens is 4. The van der Waals surface area contributed by atoms with E-state index in [2.05, 4.69) is 5.10 Å². The fourth-order valence-corrected chi connectivity index (χ4v) is 4.15. The van der Waals surface area contributed by atoms with Crippen molar-refractivity contribution in [2.24, 2.45) is 0 Å². The van der Waals surface area contributed by atoms with Gasteiger partial charge in [-0.15, -0.1) is 5.10 Å². The first-order valence-electron chi connectivity index (χ1n) is 10.6. The van der Waals surface area contributed by atoms with E-state index in [-0.39, 0.29) is 30.2 Å². The first-order valence-corrected chi connectivity index (χ1v) is 10.6. The molecule has 7 heteroatoms. The maximum atomic E-state index is 13.3. The number of para-hydroxylation sites is 1. The minimum absolute atomic E-state index is 0.0383. The topological polar surface area (TPSA) is 72.5 Å². The predicted octanol–water partition coefficient (Wildman–Crippen LogP) is 3.28. The molecule has 0 fully saturated rings. The number of nitrogens with zero attached hydrogens (tertiary/aromatic N) is 5. The van der Waals surface area contributed by atoms with E-state index >= 15 is 0 Å². The number of carbonyl (C=O) groups is 1. The van der Waals surface area contributed by atoms with Gasteiger partial charge in [-0.3, -0.25) is 4.79 Å². The monoisotopic (exact) mass is 417 g/mol. The first-order chi connectivity index (χ1) is 14.9. The Hall–Kier alpha value is -3.48. The summed E-state index contributed by atoms with van der Waals surface area (Å²) in [5.74, 6) is 0.477. The maximum Gasteiger partial charge on any atom is 0.352 e. The van der Waals surface area contributed by atoms with E-state index in [1.807, 2.05) is 82.3 Å². The van der Waals surface area contributed by atoms with Gasteiger partial charge in [0, 0.05) is 23.9 Å². The van der Waals surface area contributed by atoms with Crippen LogP contribution in [0.15, 0.2) is 59.4 Å². The fraction of sp³-hybridized carbons (Fsp3) is 0.333. The lowest BCUT2D eigenvalue weighted by Gasteiger charge is -2.30. The average molecular weight is 418 g/mol. The lowest BCUT2D eigenvalue weighted by Crippen LogP contribution is -2.45. The highest BCUT2D eigenvalue weighted by atomic mass is 16.2. The van der Waals surface area contributed by atoms with Gasteiger partial charge in [-0.1, -0.05) is 42.5 Å². The van der Waals surface area contributed by atoms with Crippen molar-refractivity contribution < 1.29 is 4.79 Å². The van der Waals surface area contributed by atoms with E-state index in [1.165, 1.54) is 9.08 Å². The number of hydrogen-bond acceptors (Lipinski definition) is 4. The van der Waals surface area contributed by atoms with Gasteiger partial charge in [-0.2, -0.15) is 0 Å². The fourth-order valence-electron chi connectivity index (χ4n) is 4.15. The molecule has 0 unspecified atom stereocenters. The van der Waals surface area contributed by atoms with E-state index in [9.17, 15) is 9.59 Å². The summed E-state index contributed by atoms with van der Waals surface area (Å²) in [7, 11) is 0. The molecule has 0 radical (unpaired) electrons. The number of fused-ring (bicyclic) bond motifs is 3. The lowest BCUT2D eigenvalue weighted by atomic mass is 10.1. The summed E-state index contributed by atoms with van der Waals surface area (Å²) in [5, 5.41) is 5.35. The van der Waals surface area contributed by atoms with E-state index in [1.54, 1.807) is 4.90 Å². The summed E-state index contributed by atoms with van der Waals surface area (Å²) >= 11 is 0. The Morgan fingerprint density at radius 2 is 1.61 bits per heavy atom. The van der Waals surface area contributed by atoms with E-state index < -0.39 is 0 Å². The average Bonchev–Trinajstić information content (AvgIpc) is 3.05. The molecule has 0 spiro atoms. The van der Waals surface area contributed by atoms with Crippen molar-refractivity contribution in [3.8, 4) is 0 Å². The zero-order valence-corrected chi connectivity index (χ0v) is 18.3. The van der Waals surface area contributed by atoms with Crippen molar-refractivity contribution in [3.05, 3.63) is 76.5 Å². The van der Waals surface area contributed by atoms with Crippen molar-refractivity contribution in [3.63, 3.8) is 0 Å². The third kappa shape index (κ3) is 3.95. The van der Waals surface area contributed by atoms with E-state index in [0.717, 1.165) is 16.5 Å². The minimum atomic E-state index is -0.347. The first kappa shape index (κ1) is 20.8. The largest absolute Gasteiger partial charge is 0.352 e. The van der Waals surface area contributed by atoms with Crippen LogP contribution < -0.4 is 5.69 Å². The highest BCUT2D eigenvalue weighted by Crippen LogP contribution is 2.19. The molecule has 0 aliphatic heterocycles. The zero-order chi connectivity index (χ0) is 22.1. The number of carbonyl (C=O) groups excluding carboxylic acids is 1. The second kappa shape index (κ2) is 8.34. The Morgan fingerprint density at radius 1 is 0.968 bits per heavy atom. The number of rotatable bonds is 6. The van der Waals surface area contributed by atoms with Gasteiger partial charge in [0.05, 0.1) is 5.52 Å². The molecule has 0 N–H and O–H groups in total. The summed E-state index contributed by atoms with van der Waals surface area (Å²) in [4.78, 5) is 32.8. The van der Waals surface area contributed by atoms with Gasteiger partial charge in [0.15, 0.2) is 5.65 Å². The van der Waals surface area contributed by atoms with Crippen molar-refractivity contribution in [2.45, 2.75) is 52.7 Å². The highest BCUT2D eigenvalue weighted by molar-refractivity contribution is 5.91. The molecule has 0 saturated carbocycles. The molecule has 2 heterocycles. The molecule has 0 atom stereocenters. The van der Waals surface area contributed by atoms with Crippen LogP contribution in [0.4, 0.5) is 0 Å². The van der Waals surface area contributed by atoms with Crippen LogP contribution in [0, 0.1) is 0 Å². The third-order valence-corrected chi connectivity index (χ3v) is 5.38. The molecule has 0 aliphatic rings.